The number of ether oxygens (including phenoxy) is 2. The van der Waals surface area contributed by atoms with Gasteiger partial charge in [0.25, 0.3) is 0 Å². The minimum Gasteiger partial charge on any atom is -0.423 e. The Bertz CT molecular complexity index is 811. The van der Waals surface area contributed by atoms with Crippen LogP contribution in [0.15, 0.2) is 48.5 Å². The molecular formula is C23H25NO3S. The number of hydrogen-bond acceptors (Lipinski definition) is 5. The first kappa shape index (κ1) is 20.4. The monoisotopic (exact) mass is 395 g/mol. The Morgan fingerprint density at radius 3 is 2.57 bits per heavy atom. The lowest BCUT2D eigenvalue weighted by Gasteiger charge is -2.11. The van der Waals surface area contributed by atoms with E-state index in [2.05, 4.69) is 6.92 Å². The van der Waals surface area contributed by atoms with Crippen molar-refractivity contribution in [2.45, 2.75) is 49.7 Å². The smallest absolute Gasteiger partial charge is 0.343 e. The number of nitrogens with zero attached hydrogens (tertiary/aromatic N) is 1. The molecule has 0 spiro atoms. The van der Waals surface area contributed by atoms with Crippen LogP contribution in [-0.2, 0) is 4.74 Å². The second-order valence-electron chi connectivity index (χ2n) is 6.92. The average molecular weight is 396 g/mol. The molecule has 5 heteroatoms. The summed E-state index contributed by atoms with van der Waals surface area (Å²) in [5, 5.41) is 9.39. The highest BCUT2D eigenvalue weighted by molar-refractivity contribution is 8.00. The van der Waals surface area contributed by atoms with E-state index in [4.69, 9.17) is 14.7 Å². The first-order valence-electron chi connectivity index (χ1n) is 9.79. The zero-order chi connectivity index (χ0) is 19.8. The summed E-state index contributed by atoms with van der Waals surface area (Å²) in [6.07, 6.45) is 6.36. The van der Waals surface area contributed by atoms with Crippen LogP contribution in [0.3, 0.4) is 0 Å². The third-order valence-electron chi connectivity index (χ3n) is 4.74. The Kier molecular flexibility index (Phi) is 7.53. The van der Waals surface area contributed by atoms with Crippen LogP contribution in [0.2, 0.25) is 0 Å². The van der Waals surface area contributed by atoms with Gasteiger partial charge in [-0.05, 0) is 48.4 Å². The number of carbonyl (C=O) groups is 1. The van der Waals surface area contributed by atoms with Crippen molar-refractivity contribution >= 4 is 17.7 Å². The highest BCUT2D eigenvalue weighted by Crippen LogP contribution is 2.41. The van der Waals surface area contributed by atoms with Crippen molar-refractivity contribution in [2.75, 3.05) is 6.61 Å². The number of hydrogen-bond donors (Lipinski definition) is 0. The summed E-state index contributed by atoms with van der Waals surface area (Å²) < 4.78 is 11.4. The highest BCUT2D eigenvalue weighted by Gasteiger charge is 2.27. The predicted octanol–water partition coefficient (Wildman–Crippen LogP) is 5.88. The summed E-state index contributed by atoms with van der Waals surface area (Å²) in [4.78, 5) is 12.2. The molecule has 0 amide bonds. The van der Waals surface area contributed by atoms with Crippen molar-refractivity contribution in [3.63, 3.8) is 0 Å². The van der Waals surface area contributed by atoms with E-state index in [1.807, 2.05) is 30.0 Å². The molecule has 1 heterocycles. The first-order valence-corrected chi connectivity index (χ1v) is 10.7. The fourth-order valence-electron chi connectivity index (χ4n) is 3.11. The summed E-state index contributed by atoms with van der Waals surface area (Å²) in [5.41, 5.74) is 2.08. The molecule has 1 fully saturated rings. The van der Waals surface area contributed by atoms with Gasteiger partial charge in [0.05, 0.1) is 23.8 Å². The second kappa shape index (κ2) is 10.3. The molecule has 1 aliphatic rings. The van der Waals surface area contributed by atoms with Crippen molar-refractivity contribution in [1.29, 1.82) is 5.26 Å². The largest absolute Gasteiger partial charge is 0.423 e. The Balaban J connectivity index is 1.51. The van der Waals surface area contributed by atoms with Crippen LogP contribution in [0.4, 0.5) is 0 Å². The molecule has 4 nitrogen and oxygen atoms in total. The van der Waals surface area contributed by atoms with Crippen molar-refractivity contribution in [3.05, 3.63) is 65.2 Å². The highest BCUT2D eigenvalue weighted by atomic mass is 32.2. The molecule has 146 valence electrons. The fraction of sp³-hybridized carbons (Fsp3) is 0.391. The average Bonchev–Trinajstić information content (AvgIpc) is 3.21. The normalized spacial score (nSPS) is 18.6. The number of unbranched alkanes of at least 4 members (excludes halogenated alkanes) is 3. The summed E-state index contributed by atoms with van der Waals surface area (Å²) in [5.74, 6) is 0.0631. The third-order valence-corrected chi connectivity index (χ3v) is 6.15. The van der Waals surface area contributed by atoms with Gasteiger partial charge >= 0.3 is 5.97 Å². The van der Waals surface area contributed by atoms with E-state index in [-0.39, 0.29) is 5.44 Å². The molecule has 0 aromatic heterocycles. The van der Waals surface area contributed by atoms with E-state index in [0.29, 0.717) is 22.1 Å². The van der Waals surface area contributed by atoms with Crippen molar-refractivity contribution in [1.82, 2.24) is 0 Å². The van der Waals surface area contributed by atoms with Crippen LogP contribution in [-0.4, -0.2) is 17.8 Å². The van der Waals surface area contributed by atoms with Gasteiger partial charge in [-0.2, -0.15) is 5.26 Å². The molecule has 0 aliphatic carbocycles. The van der Waals surface area contributed by atoms with Gasteiger partial charge in [-0.15, -0.1) is 11.8 Å². The van der Waals surface area contributed by atoms with Gasteiger partial charge < -0.3 is 9.47 Å². The minimum atomic E-state index is -0.434. The molecule has 28 heavy (non-hydrogen) atoms. The molecule has 3 rings (SSSR count). The van der Waals surface area contributed by atoms with E-state index in [9.17, 15) is 4.79 Å². The molecule has 2 unspecified atom stereocenters. The van der Waals surface area contributed by atoms with Crippen LogP contribution in [0.1, 0.15) is 65.9 Å². The number of nitriles is 1. The second-order valence-corrected chi connectivity index (χ2v) is 8.29. The van der Waals surface area contributed by atoms with E-state index in [0.717, 1.165) is 12.2 Å². The van der Waals surface area contributed by atoms with Crippen LogP contribution in [0.5, 0.6) is 5.75 Å². The Labute approximate surface area is 170 Å². The van der Waals surface area contributed by atoms with Crippen LogP contribution < -0.4 is 4.74 Å². The molecule has 2 aromatic carbocycles. The molecular weight excluding hydrogens is 370 g/mol. The molecule has 2 aromatic rings. The van der Waals surface area contributed by atoms with Gasteiger partial charge in [0.15, 0.2) is 0 Å². The van der Waals surface area contributed by atoms with Crippen molar-refractivity contribution in [2.24, 2.45) is 0 Å². The molecule has 1 saturated heterocycles. The molecule has 2 atom stereocenters. The van der Waals surface area contributed by atoms with E-state index < -0.39 is 5.97 Å². The summed E-state index contributed by atoms with van der Waals surface area (Å²) in [7, 11) is 0. The summed E-state index contributed by atoms with van der Waals surface area (Å²) in [6.45, 7) is 3.03. The van der Waals surface area contributed by atoms with Gasteiger partial charge in [-0.25, -0.2) is 4.79 Å². The van der Waals surface area contributed by atoms with E-state index in [1.54, 1.807) is 36.4 Å². The SMILES string of the molecule is CCCCCCC1COC(c2ccc(OC(=O)c3ccc(C#N)cc3)cc2)S1. The molecule has 0 saturated carbocycles. The number of rotatable bonds is 8. The molecule has 0 N–H and O–H groups in total. The molecule has 0 radical (unpaired) electrons. The zero-order valence-electron chi connectivity index (χ0n) is 16.1. The standard InChI is InChI=1S/C23H25NO3S/c1-2-3-4-5-6-21-16-26-23(28-21)19-11-13-20(14-12-19)27-22(25)18-9-7-17(15-24)8-10-18/h7-14,21,23H,2-6,16H2,1H3. The molecule has 1 aliphatic heterocycles. The number of thioether (sulfide) groups is 1. The maximum atomic E-state index is 12.2. The van der Waals surface area contributed by atoms with Gasteiger partial charge in [0, 0.05) is 5.25 Å². The third kappa shape index (κ3) is 5.60. The van der Waals surface area contributed by atoms with Crippen LogP contribution in [0, 0.1) is 11.3 Å². The predicted molar refractivity (Wildman–Crippen MR) is 111 cm³/mol. The number of benzene rings is 2. The maximum absolute atomic E-state index is 12.2. The topological polar surface area (TPSA) is 59.3 Å². The van der Waals surface area contributed by atoms with Crippen molar-refractivity contribution < 1.29 is 14.3 Å². The lowest BCUT2D eigenvalue weighted by atomic mass is 10.1. The Morgan fingerprint density at radius 1 is 1.14 bits per heavy atom. The van der Waals surface area contributed by atoms with Crippen LogP contribution in [0.25, 0.3) is 0 Å². The fourth-order valence-corrected chi connectivity index (χ4v) is 4.39. The number of esters is 1. The maximum Gasteiger partial charge on any atom is 0.343 e. The Hall–Kier alpha value is -2.29. The minimum absolute atomic E-state index is 0.0550. The van der Waals surface area contributed by atoms with Crippen molar-refractivity contribution in [3.8, 4) is 11.8 Å². The number of carbonyl (C=O) groups excluding carboxylic acids is 1. The van der Waals surface area contributed by atoms with Crippen LogP contribution >= 0.6 is 11.8 Å². The van der Waals surface area contributed by atoms with Gasteiger partial charge in [-0.1, -0.05) is 44.7 Å². The van der Waals surface area contributed by atoms with Gasteiger partial charge in [-0.3, -0.25) is 0 Å². The molecule has 0 bridgehead atoms. The summed E-state index contributed by atoms with van der Waals surface area (Å²) >= 11 is 1.89. The van der Waals surface area contributed by atoms with Gasteiger partial charge in [0.2, 0.25) is 0 Å². The zero-order valence-corrected chi connectivity index (χ0v) is 16.9. The summed E-state index contributed by atoms with van der Waals surface area (Å²) in [6, 6.07) is 15.9. The van der Waals surface area contributed by atoms with E-state index >= 15 is 0 Å². The van der Waals surface area contributed by atoms with Gasteiger partial charge in [0.1, 0.15) is 11.2 Å². The van der Waals surface area contributed by atoms with E-state index in [1.165, 1.54) is 32.1 Å². The lowest BCUT2D eigenvalue weighted by molar-refractivity contribution is 0.0734. The Morgan fingerprint density at radius 2 is 1.89 bits per heavy atom. The lowest BCUT2D eigenvalue weighted by Crippen LogP contribution is -2.08. The quantitative estimate of drug-likeness (QED) is 0.317. The first-order chi connectivity index (χ1) is 13.7.